The summed E-state index contributed by atoms with van der Waals surface area (Å²) in [5, 5.41) is 5.89. The van der Waals surface area contributed by atoms with Crippen molar-refractivity contribution in [1.82, 2.24) is 24.7 Å². The molecule has 0 radical (unpaired) electrons. The van der Waals surface area contributed by atoms with E-state index in [1.54, 1.807) is 12.1 Å². The van der Waals surface area contributed by atoms with E-state index in [1.165, 1.54) is 11.0 Å². The number of rotatable bonds is 2. The molecule has 0 spiro atoms. The Morgan fingerprint density at radius 3 is 2.65 bits per heavy atom. The second kappa shape index (κ2) is 5.33. The number of hydrogen-bond acceptors (Lipinski definition) is 5. The number of nitrogens with zero attached hydrogens (tertiary/aromatic N) is 5. The van der Waals surface area contributed by atoms with E-state index >= 15 is 0 Å². The molecule has 0 unspecified atom stereocenters. The third-order valence-corrected chi connectivity index (χ3v) is 3.68. The smallest absolute Gasteiger partial charge is 0.225 e. The minimum atomic E-state index is 0.263. The van der Waals surface area contributed by atoms with Crippen molar-refractivity contribution < 1.29 is 0 Å². The van der Waals surface area contributed by atoms with Gasteiger partial charge in [0.25, 0.3) is 0 Å². The summed E-state index contributed by atoms with van der Waals surface area (Å²) < 4.78 is 1.51. The molecule has 4 rings (SSSR count). The molecule has 0 fully saturated rings. The van der Waals surface area contributed by atoms with Crippen LogP contribution in [0.15, 0.2) is 54.9 Å². The second-order valence-electron chi connectivity index (χ2n) is 4.93. The molecule has 0 atom stereocenters. The quantitative estimate of drug-likeness (QED) is 0.613. The van der Waals surface area contributed by atoms with Crippen molar-refractivity contribution >= 4 is 28.5 Å². The highest BCUT2D eigenvalue weighted by Gasteiger charge is 2.14. The van der Waals surface area contributed by atoms with Crippen molar-refractivity contribution in [1.29, 1.82) is 0 Å². The van der Waals surface area contributed by atoms with Crippen molar-refractivity contribution in [3.05, 3.63) is 59.9 Å². The summed E-state index contributed by atoms with van der Waals surface area (Å²) in [5.41, 5.74) is 7.64. The molecular formula is C16H11ClN6. The average molecular weight is 323 g/mol. The van der Waals surface area contributed by atoms with Crippen molar-refractivity contribution in [3.63, 3.8) is 0 Å². The Morgan fingerprint density at radius 2 is 1.83 bits per heavy atom. The largest absolute Gasteiger partial charge is 0.368 e. The summed E-state index contributed by atoms with van der Waals surface area (Å²) in [7, 11) is 0. The van der Waals surface area contributed by atoms with Gasteiger partial charge in [-0.2, -0.15) is 9.67 Å². The van der Waals surface area contributed by atoms with Crippen LogP contribution in [0.3, 0.4) is 0 Å². The Kier molecular flexibility index (Phi) is 3.17. The van der Waals surface area contributed by atoms with Crippen LogP contribution in [0.25, 0.3) is 28.1 Å². The summed E-state index contributed by atoms with van der Waals surface area (Å²) >= 11 is 6.01. The highest BCUT2D eigenvalue weighted by Crippen LogP contribution is 2.24. The molecule has 0 aliphatic heterocycles. The maximum Gasteiger partial charge on any atom is 0.225 e. The number of nitrogens with two attached hydrogens (primary N) is 1. The normalized spacial score (nSPS) is 11.0. The molecule has 0 aliphatic rings. The zero-order valence-corrected chi connectivity index (χ0v) is 12.6. The van der Waals surface area contributed by atoms with Gasteiger partial charge in [0.15, 0.2) is 11.6 Å². The minimum Gasteiger partial charge on any atom is -0.368 e. The lowest BCUT2D eigenvalue weighted by molar-refractivity contribution is 0.863. The van der Waals surface area contributed by atoms with Gasteiger partial charge in [0.1, 0.15) is 6.33 Å². The van der Waals surface area contributed by atoms with Gasteiger partial charge in [0.05, 0.1) is 5.52 Å². The third kappa shape index (κ3) is 2.39. The standard InChI is InChI=1S/C16H11ClN6/c17-11-6-7-12-13(8-11)19-9-20-15(12)23-16(18)21-14(22-23)10-4-2-1-3-5-10/h1-9H,(H2,18,21,22). The van der Waals surface area contributed by atoms with Crippen LogP contribution in [0.1, 0.15) is 0 Å². The summed E-state index contributed by atoms with van der Waals surface area (Å²) in [5.74, 6) is 1.38. The Morgan fingerprint density at radius 1 is 1.00 bits per heavy atom. The van der Waals surface area contributed by atoms with Gasteiger partial charge in [-0.25, -0.2) is 9.97 Å². The minimum absolute atomic E-state index is 0.263. The van der Waals surface area contributed by atoms with Crippen LogP contribution in [0.2, 0.25) is 5.02 Å². The fourth-order valence-electron chi connectivity index (χ4n) is 2.37. The molecule has 2 aromatic heterocycles. The Labute approximate surface area is 136 Å². The third-order valence-electron chi connectivity index (χ3n) is 3.44. The van der Waals surface area contributed by atoms with Crippen molar-refractivity contribution in [2.75, 3.05) is 5.73 Å². The van der Waals surface area contributed by atoms with Crippen molar-refractivity contribution in [3.8, 4) is 17.2 Å². The molecule has 23 heavy (non-hydrogen) atoms. The SMILES string of the molecule is Nc1nc(-c2ccccc2)nn1-c1ncnc2cc(Cl)ccc12. The van der Waals surface area contributed by atoms with Crippen LogP contribution in [-0.4, -0.2) is 24.7 Å². The van der Waals surface area contributed by atoms with E-state index in [1.807, 2.05) is 36.4 Å². The number of fused-ring (bicyclic) bond motifs is 1. The number of nitrogen functional groups attached to an aromatic ring is 1. The van der Waals surface area contributed by atoms with Gasteiger partial charge in [-0.15, -0.1) is 5.10 Å². The topological polar surface area (TPSA) is 82.5 Å². The zero-order valence-electron chi connectivity index (χ0n) is 11.9. The van der Waals surface area contributed by atoms with Crippen LogP contribution in [-0.2, 0) is 0 Å². The zero-order chi connectivity index (χ0) is 15.8. The predicted octanol–water partition coefficient (Wildman–Crippen LogP) is 3.11. The van der Waals surface area contributed by atoms with Crippen LogP contribution >= 0.6 is 11.6 Å². The van der Waals surface area contributed by atoms with E-state index < -0.39 is 0 Å². The Balaban J connectivity index is 1.90. The number of aromatic nitrogens is 5. The molecule has 0 amide bonds. The lowest BCUT2D eigenvalue weighted by Crippen LogP contribution is -2.05. The van der Waals surface area contributed by atoms with Gasteiger partial charge in [-0.05, 0) is 18.2 Å². The van der Waals surface area contributed by atoms with Gasteiger partial charge in [0.2, 0.25) is 5.95 Å². The fraction of sp³-hybridized carbons (Fsp3) is 0. The number of hydrogen-bond donors (Lipinski definition) is 1. The molecular weight excluding hydrogens is 312 g/mol. The van der Waals surface area contributed by atoms with Gasteiger partial charge in [-0.3, -0.25) is 0 Å². The molecule has 7 heteroatoms. The van der Waals surface area contributed by atoms with Crippen LogP contribution in [0, 0.1) is 0 Å². The molecule has 2 aromatic carbocycles. The molecule has 0 bridgehead atoms. The Hall–Kier alpha value is -2.99. The monoisotopic (exact) mass is 322 g/mol. The van der Waals surface area contributed by atoms with Crippen LogP contribution in [0.5, 0.6) is 0 Å². The van der Waals surface area contributed by atoms with Gasteiger partial charge in [-0.1, -0.05) is 41.9 Å². The van der Waals surface area contributed by atoms with Crippen LogP contribution < -0.4 is 5.73 Å². The Bertz CT molecular complexity index is 996. The van der Waals surface area contributed by atoms with E-state index in [-0.39, 0.29) is 5.95 Å². The summed E-state index contributed by atoms with van der Waals surface area (Å²) in [6, 6.07) is 15.0. The number of benzene rings is 2. The summed E-state index contributed by atoms with van der Waals surface area (Å²) in [6.45, 7) is 0. The number of halogens is 1. The first-order chi connectivity index (χ1) is 11.2. The summed E-state index contributed by atoms with van der Waals surface area (Å²) in [4.78, 5) is 12.9. The average Bonchev–Trinajstić information content (AvgIpc) is 2.96. The highest BCUT2D eigenvalue weighted by molar-refractivity contribution is 6.31. The van der Waals surface area contributed by atoms with E-state index in [2.05, 4.69) is 20.1 Å². The van der Waals surface area contributed by atoms with E-state index in [0.717, 1.165) is 16.5 Å². The van der Waals surface area contributed by atoms with Crippen molar-refractivity contribution in [2.24, 2.45) is 0 Å². The first-order valence-corrected chi connectivity index (χ1v) is 7.29. The summed E-state index contributed by atoms with van der Waals surface area (Å²) in [6.07, 6.45) is 1.46. The second-order valence-corrected chi connectivity index (χ2v) is 5.37. The first-order valence-electron chi connectivity index (χ1n) is 6.91. The van der Waals surface area contributed by atoms with E-state index in [4.69, 9.17) is 17.3 Å². The van der Waals surface area contributed by atoms with Crippen LogP contribution in [0.4, 0.5) is 5.95 Å². The first kappa shape index (κ1) is 13.7. The van der Waals surface area contributed by atoms with Crippen molar-refractivity contribution in [2.45, 2.75) is 0 Å². The fourth-order valence-corrected chi connectivity index (χ4v) is 2.54. The van der Waals surface area contributed by atoms with Gasteiger partial charge in [0, 0.05) is 16.0 Å². The molecule has 112 valence electrons. The molecule has 2 heterocycles. The maximum atomic E-state index is 6.03. The highest BCUT2D eigenvalue weighted by atomic mass is 35.5. The lowest BCUT2D eigenvalue weighted by Gasteiger charge is -2.05. The lowest BCUT2D eigenvalue weighted by atomic mass is 10.2. The molecule has 4 aromatic rings. The molecule has 0 aliphatic carbocycles. The predicted molar refractivity (Wildman–Crippen MR) is 89.3 cm³/mol. The van der Waals surface area contributed by atoms with Gasteiger partial charge >= 0.3 is 0 Å². The van der Waals surface area contributed by atoms with E-state index in [0.29, 0.717) is 16.7 Å². The van der Waals surface area contributed by atoms with Gasteiger partial charge < -0.3 is 5.73 Å². The van der Waals surface area contributed by atoms with E-state index in [9.17, 15) is 0 Å². The molecule has 0 saturated carbocycles. The number of anilines is 1. The molecule has 0 saturated heterocycles. The molecule has 2 N–H and O–H groups in total. The maximum absolute atomic E-state index is 6.03. The molecule has 6 nitrogen and oxygen atoms in total.